The van der Waals surface area contributed by atoms with E-state index in [0.717, 1.165) is 31.5 Å². The number of fused-ring (bicyclic) bond motifs is 1. The van der Waals surface area contributed by atoms with Gasteiger partial charge >= 0.3 is 0 Å². The van der Waals surface area contributed by atoms with E-state index in [0.29, 0.717) is 23.8 Å². The summed E-state index contributed by atoms with van der Waals surface area (Å²) in [6, 6.07) is 8.62. The highest BCUT2D eigenvalue weighted by atomic mass is 15.2. The van der Waals surface area contributed by atoms with E-state index < -0.39 is 0 Å². The van der Waals surface area contributed by atoms with Crippen molar-refractivity contribution in [1.29, 1.82) is 0 Å². The fourth-order valence-electron chi connectivity index (χ4n) is 2.61. The number of nitrogen functional groups attached to an aromatic ring is 1. The highest BCUT2D eigenvalue weighted by Crippen LogP contribution is 2.19. The van der Waals surface area contributed by atoms with Crippen LogP contribution in [0.3, 0.4) is 0 Å². The van der Waals surface area contributed by atoms with Gasteiger partial charge in [0.05, 0.1) is 12.9 Å². The molecule has 24 heavy (non-hydrogen) atoms. The van der Waals surface area contributed by atoms with Crippen LogP contribution in [0.1, 0.15) is 37.8 Å². The predicted octanol–water partition coefficient (Wildman–Crippen LogP) is 3.23. The van der Waals surface area contributed by atoms with Crippen molar-refractivity contribution < 1.29 is 0 Å². The first-order valence-corrected chi connectivity index (χ1v) is 8.51. The summed E-state index contributed by atoms with van der Waals surface area (Å²) in [6.45, 7) is 5.86. The highest BCUT2D eigenvalue weighted by Gasteiger charge is 2.11. The van der Waals surface area contributed by atoms with Gasteiger partial charge in [0, 0.05) is 6.54 Å². The third kappa shape index (κ3) is 3.48. The van der Waals surface area contributed by atoms with Crippen LogP contribution in [0.5, 0.6) is 0 Å². The molecule has 0 saturated heterocycles. The second-order valence-corrected chi connectivity index (χ2v) is 5.93. The van der Waals surface area contributed by atoms with Crippen molar-refractivity contribution in [1.82, 2.24) is 19.5 Å². The van der Waals surface area contributed by atoms with E-state index in [1.54, 1.807) is 6.33 Å². The molecule has 0 bridgehead atoms. The maximum absolute atomic E-state index is 6.04. The van der Waals surface area contributed by atoms with Gasteiger partial charge in [-0.3, -0.25) is 0 Å². The quantitative estimate of drug-likeness (QED) is 0.652. The molecule has 3 N–H and O–H groups in total. The molecule has 0 amide bonds. The molecule has 3 rings (SSSR count). The van der Waals surface area contributed by atoms with Gasteiger partial charge < -0.3 is 15.6 Å². The number of anilines is 2. The number of unbranched alkanes of at least 4 members (excludes halogenated alkanes) is 1. The molecule has 0 aliphatic carbocycles. The van der Waals surface area contributed by atoms with Gasteiger partial charge in [-0.2, -0.15) is 9.97 Å². The van der Waals surface area contributed by atoms with Crippen LogP contribution in [0.15, 0.2) is 30.6 Å². The van der Waals surface area contributed by atoms with E-state index in [4.69, 9.17) is 5.73 Å². The van der Waals surface area contributed by atoms with Crippen molar-refractivity contribution in [2.75, 3.05) is 17.6 Å². The molecule has 0 fully saturated rings. The highest BCUT2D eigenvalue weighted by molar-refractivity contribution is 5.82. The number of aryl methyl sites for hydroxylation is 1. The molecule has 2 heterocycles. The molecule has 1 aromatic carbocycles. The molecule has 0 spiro atoms. The van der Waals surface area contributed by atoms with Gasteiger partial charge in [0.25, 0.3) is 0 Å². The van der Waals surface area contributed by atoms with Crippen LogP contribution < -0.4 is 11.1 Å². The monoisotopic (exact) mass is 324 g/mol. The fourth-order valence-corrected chi connectivity index (χ4v) is 2.61. The Kier molecular flexibility index (Phi) is 4.93. The van der Waals surface area contributed by atoms with Gasteiger partial charge in [-0.15, -0.1) is 0 Å². The zero-order valence-electron chi connectivity index (χ0n) is 14.3. The maximum Gasteiger partial charge on any atom is 0.226 e. The number of rotatable bonds is 7. The van der Waals surface area contributed by atoms with Crippen LogP contribution >= 0.6 is 0 Å². The van der Waals surface area contributed by atoms with E-state index >= 15 is 0 Å². The second kappa shape index (κ2) is 7.29. The third-order valence-corrected chi connectivity index (χ3v) is 4.09. The van der Waals surface area contributed by atoms with Gasteiger partial charge in [-0.1, -0.05) is 44.5 Å². The zero-order chi connectivity index (χ0) is 16.9. The average molecular weight is 324 g/mol. The van der Waals surface area contributed by atoms with Crippen molar-refractivity contribution >= 4 is 22.9 Å². The van der Waals surface area contributed by atoms with E-state index in [1.165, 1.54) is 11.1 Å². The molecule has 126 valence electrons. The molecular formula is C18H24N6. The molecule has 0 atom stereocenters. The minimum Gasteiger partial charge on any atom is -0.382 e. The first-order chi connectivity index (χ1) is 11.7. The van der Waals surface area contributed by atoms with Gasteiger partial charge in [0.1, 0.15) is 5.52 Å². The summed E-state index contributed by atoms with van der Waals surface area (Å²) < 4.78 is 2.01. The summed E-state index contributed by atoms with van der Waals surface area (Å²) in [5, 5.41) is 3.23. The smallest absolute Gasteiger partial charge is 0.226 e. The molecule has 0 saturated carbocycles. The number of imidazole rings is 1. The van der Waals surface area contributed by atoms with E-state index in [9.17, 15) is 0 Å². The summed E-state index contributed by atoms with van der Waals surface area (Å²) >= 11 is 0. The zero-order valence-corrected chi connectivity index (χ0v) is 14.3. The number of nitrogens with zero attached hydrogens (tertiary/aromatic N) is 4. The summed E-state index contributed by atoms with van der Waals surface area (Å²) in [5.74, 6) is 0.982. The van der Waals surface area contributed by atoms with Crippen LogP contribution in [-0.2, 0) is 13.0 Å². The fraction of sp³-hybridized carbons (Fsp3) is 0.389. The lowest BCUT2D eigenvalue weighted by Gasteiger charge is -2.08. The Labute approximate surface area is 142 Å². The lowest BCUT2D eigenvalue weighted by Crippen LogP contribution is -2.08. The van der Waals surface area contributed by atoms with Crippen molar-refractivity contribution in [3.05, 3.63) is 41.7 Å². The minimum atomic E-state index is 0.416. The second-order valence-electron chi connectivity index (χ2n) is 5.93. The number of hydrogen-bond donors (Lipinski definition) is 2. The SMILES string of the molecule is CCCCNc1nc(N)c2ncn(Cc3ccc(CC)cc3)c2n1. The number of aromatic nitrogens is 4. The molecule has 3 aromatic rings. The van der Waals surface area contributed by atoms with Crippen molar-refractivity contribution in [3.8, 4) is 0 Å². The molecular weight excluding hydrogens is 300 g/mol. The maximum atomic E-state index is 6.04. The van der Waals surface area contributed by atoms with Crippen molar-refractivity contribution in [3.63, 3.8) is 0 Å². The van der Waals surface area contributed by atoms with E-state index in [2.05, 4.69) is 58.4 Å². The Morgan fingerprint density at radius 1 is 1.08 bits per heavy atom. The summed E-state index contributed by atoms with van der Waals surface area (Å²) in [4.78, 5) is 13.3. The molecule has 0 aliphatic heterocycles. The van der Waals surface area contributed by atoms with Crippen LogP contribution in [0.25, 0.3) is 11.2 Å². The minimum absolute atomic E-state index is 0.416. The molecule has 6 nitrogen and oxygen atoms in total. The van der Waals surface area contributed by atoms with E-state index in [-0.39, 0.29) is 0 Å². The Bertz CT molecular complexity index is 806. The Morgan fingerprint density at radius 3 is 2.54 bits per heavy atom. The van der Waals surface area contributed by atoms with Crippen LogP contribution in [-0.4, -0.2) is 26.1 Å². The van der Waals surface area contributed by atoms with Gasteiger partial charge in [-0.05, 0) is 24.0 Å². The number of nitrogens with two attached hydrogens (primary N) is 1. The first kappa shape index (κ1) is 16.2. The molecule has 0 unspecified atom stereocenters. The molecule has 0 aliphatic rings. The van der Waals surface area contributed by atoms with Crippen molar-refractivity contribution in [2.24, 2.45) is 0 Å². The van der Waals surface area contributed by atoms with Gasteiger partial charge in [-0.25, -0.2) is 4.98 Å². The van der Waals surface area contributed by atoms with Gasteiger partial charge in [0.15, 0.2) is 11.5 Å². The summed E-state index contributed by atoms with van der Waals surface area (Å²) in [5.41, 5.74) is 10.0. The predicted molar refractivity (Wildman–Crippen MR) is 98.1 cm³/mol. The standard InChI is InChI=1S/C18H24N6/c1-3-5-10-20-18-22-16(19)15-17(23-18)24(12-21-15)11-14-8-6-13(4-2)7-9-14/h6-9,12H,3-5,10-11H2,1-2H3,(H3,19,20,22,23). The number of nitrogens with one attached hydrogen (secondary N) is 1. The molecule has 0 radical (unpaired) electrons. The summed E-state index contributed by atoms with van der Waals surface area (Å²) in [6.07, 6.45) is 5.02. The van der Waals surface area contributed by atoms with Crippen LogP contribution in [0, 0.1) is 0 Å². The van der Waals surface area contributed by atoms with Gasteiger partial charge in [0.2, 0.25) is 5.95 Å². The van der Waals surface area contributed by atoms with E-state index in [1.807, 2.05) is 4.57 Å². The molecule has 2 aromatic heterocycles. The van der Waals surface area contributed by atoms with Crippen LogP contribution in [0.2, 0.25) is 0 Å². The lowest BCUT2D eigenvalue weighted by atomic mass is 10.1. The normalized spacial score (nSPS) is 11.1. The first-order valence-electron chi connectivity index (χ1n) is 8.51. The van der Waals surface area contributed by atoms with Crippen molar-refractivity contribution in [2.45, 2.75) is 39.7 Å². The number of hydrogen-bond acceptors (Lipinski definition) is 5. The average Bonchev–Trinajstić information content (AvgIpc) is 2.99. The number of benzene rings is 1. The Hall–Kier alpha value is -2.63. The lowest BCUT2D eigenvalue weighted by molar-refractivity contribution is 0.807. The summed E-state index contributed by atoms with van der Waals surface area (Å²) in [7, 11) is 0. The Balaban J connectivity index is 1.86. The molecule has 6 heteroatoms. The largest absolute Gasteiger partial charge is 0.382 e. The Morgan fingerprint density at radius 2 is 1.83 bits per heavy atom. The third-order valence-electron chi connectivity index (χ3n) is 4.09. The topological polar surface area (TPSA) is 81.6 Å². The van der Waals surface area contributed by atoms with Crippen LogP contribution in [0.4, 0.5) is 11.8 Å².